The Morgan fingerprint density at radius 3 is 2.73 bits per heavy atom. The minimum Gasteiger partial charge on any atom is -0.378 e. The van der Waals surface area contributed by atoms with E-state index in [4.69, 9.17) is 21.9 Å². The van der Waals surface area contributed by atoms with Gasteiger partial charge in [0, 0.05) is 19.3 Å². The second-order valence-electron chi connectivity index (χ2n) is 8.25. The van der Waals surface area contributed by atoms with Crippen molar-refractivity contribution in [3.05, 3.63) is 44.7 Å². The zero-order valence-corrected chi connectivity index (χ0v) is 20.3. The molecular formula is C21H22N4O5S3. The highest BCUT2D eigenvalue weighted by molar-refractivity contribution is 8.26. The number of ether oxygens (including phenoxy) is 1. The highest BCUT2D eigenvalue weighted by Crippen LogP contribution is 2.37. The predicted octanol–water partition coefficient (Wildman–Crippen LogP) is 1.23. The van der Waals surface area contributed by atoms with Gasteiger partial charge in [0.15, 0.2) is 9.84 Å². The zero-order chi connectivity index (χ0) is 23.3. The van der Waals surface area contributed by atoms with Crippen LogP contribution < -0.4 is 10.5 Å². The summed E-state index contributed by atoms with van der Waals surface area (Å²) in [4.78, 5) is 35.2. The molecule has 9 nitrogen and oxygen atoms in total. The predicted molar refractivity (Wildman–Crippen MR) is 131 cm³/mol. The molecule has 2 aromatic rings. The van der Waals surface area contributed by atoms with E-state index in [0.29, 0.717) is 59.0 Å². The molecule has 5 rings (SSSR count). The van der Waals surface area contributed by atoms with Crippen molar-refractivity contribution >= 4 is 61.6 Å². The van der Waals surface area contributed by atoms with Crippen molar-refractivity contribution in [2.75, 3.05) is 42.7 Å². The van der Waals surface area contributed by atoms with E-state index in [1.54, 1.807) is 18.3 Å². The zero-order valence-electron chi connectivity index (χ0n) is 17.9. The van der Waals surface area contributed by atoms with Crippen LogP contribution >= 0.6 is 24.0 Å². The summed E-state index contributed by atoms with van der Waals surface area (Å²) in [6.45, 7) is 4.09. The fraction of sp³-hybridized carbons (Fsp3) is 0.429. The van der Waals surface area contributed by atoms with Gasteiger partial charge in [-0.2, -0.15) is 0 Å². The van der Waals surface area contributed by atoms with Gasteiger partial charge in [-0.05, 0) is 31.1 Å². The van der Waals surface area contributed by atoms with Gasteiger partial charge in [-0.3, -0.25) is 18.9 Å². The number of sulfone groups is 1. The first kappa shape index (κ1) is 22.5. The standard InChI is InChI=1S/C21H22N4O5S3/c1-13-3-2-5-24-17(13)22-18(23-6-8-30-9-7-23)15(19(24)26)11-16-20(27)25(21(31)32-16)14-4-10-33(28,29)12-14/h2-3,5,11,14H,4,6-10,12H2,1H3. The van der Waals surface area contributed by atoms with Crippen molar-refractivity contribution in [1.29, 1.82) is 0 Å². The van der Waals surface area contributed by atoms with Crippen molar-refractivity contribution in [2.45, 2.75) is 19.4 Å². The molecule has 3 fully saturated rings. The number of hydrogen-bond acceptors (Lipinski definition) is 9. The maximum Gasteiger partial charge on any atom is 0.267 e. The van der Waals surface area contributed by atoms with Crippen molar-refractivity contribution in [3.8, 4) is 0 Å². The molecule has 3 saturated heterocycles. The first-order chi connectivity index (χ1) is 15.7. The van der Waals surface area contributed by atoms with Gasteiger partial charge in [-0.15, -0.1) is 0 Å². The van der Waals surface area contributed by atoms with Crippen LogP contribution in [0.15, 0.2) is 28.0 Å². The van der Waals surface area contributed by atoms with Crippen molar-refractivity contribution in [3.63, 3.8) is 0 Å². The van der Waals surface area contributed by atoms with Crippen LogP contribution in [0.3, 0.4) is 0 Å². The third-order valence-electron chi connectivity index (χ3n) is 6.05. The Morgan fingerprint density at radius 2 is 2.03 bits per heavy atom. The van der Waals surface area contributed by atoms with Crippen molar-refractivity contribution in [1.82, 2.24) is 14.3 Å². The van der Waals surface area contributed by atoms with E-state index in [0.717, 1.165) is 17.3 Å². The second kappa shape index (κ2) is 8.49. The number of aromatic nitrogens is 2. The van der Waals surface area contributed by atoms with Gasteiger partial charge in [0.25, 0.3) is 11.5 Å². The van der Waals surface area contributed by atoms with E-state index in [2.05, 4.69) is 0 Å². The lowest BCUT2D eigenvalue weighted by molar-refractivity contribution is -0.123. The number of hydrogen-bond donors (Lipinski definition) is 0. The van der Waals surface area contributed by atoms with Crippen LogP contribution in [0.2, 0.25) is 0 Å². The lowest BCUT2D eigenvalue weighted by Gasteiger charge is -2.29. The van der Waals surface area contributed by atoms with Gasteiger partial charge in [-0.25, -0.2) is 13.4 Å². The molecule has 0 N–H and O–H groups in total. The highest BCUT2D eigenvalue weighted by Gasteiger charge is 2.42. The molecule has 0 spiro atoms. The number of pyridine rings is 1. The molecule has 33 heavy (non-hydrogen) atoms. The summed E-state index contributed by atoms with van der Waals surface area (Å²) in [7, 11) is -3.18. The first-order valence-electron chi connectivity index (χ1n) is 10.6. The normalized spacial score (nSPS) is 24.4. The Balaban J connectivity index is 1.60. The topological polar surface area (TPSA) is 101 Å². The summed E-state index contributed by atoms with van der Waals surface area (Å²) in [5.74, 6) is 0.0928. The van der Waals surface area contributed by atoms with Crippen LogP contribution in [0.4, 0.5) is 5.82 Å². The molecule has 1 atom stereocenters. The largest absolute Gasteiger partial charge is 0.378 e. The molecule has 0 radical (unpaired) electrons. The van der Waals surface area contributed by atoms with Crippen molar-refractivity contribution in [2.24, 2.45) is 0 Å². The molecule has 174 valence electrons. The van der Waals surface area contributed by atoms with Gasteiger partial charge in [0.2, 0.25) is 0 Å². The fourth-order valence-electron chi connectivity index (χ4n) is 4.35. The van der Waals surface area contributed by atoms with E-state index >= 15 is 0 Å². The van der Waals surface area contributed by atoms with Crippen LogP contribution in [0, 0.1) is 6.92 Å². The molecule has 1 unspecified atom stereocenters. The number of nitrogens with zero attached hydrogens (tertiary/aromatic N) is 4. The average molecular weight is 507 g/mol. The number of anilines is 1. The summed E-state index contributed by atoms with van der Waals surface area (Å²) < 4.78 is 31.1. The molecule has 3 aliphatic rings. The molecule has 3 aliphatic heterocycles. The number of aryl methyl sites for hydroxylation is 1. The Labute approximate surface area is 200 Å². The second-order valence-corrected chi connectivity index (χ2v) is 12.2. The number of morpholine rings is 1. The van der Waals surface area contributed by atoms with E-state index < -0.39 is 15.9 Å². The molecule has 0 bridgehead atoms. The monoisotopic (exact) mass is 506 g/mol. The number of thiocarbonyl (C=S) groups is 1. The molecule has 12 heteroatoms. The number of carbonyl (C=O) groups excluding carboxylic acids is 1. The molecule has 2 aromatic heterocycles. The third-order valence-corrected chi connectivity index (χ3v) is 9.13. The Bertz CT molecular complexity index is 1360. The fourth-order valence-corrected chi connectivity index (χ4v) is 7.43. The van der Waals surface area contributed by atoms with Crippen LogP contribution in [0.1, 0.15) is 17.5 Å². The third kappa shape index (κ3) is 4.09. The van der Waals surface area contributed by atoms with Crippen LogP contribution in [0.25, 0.3) is 11.7 Å². The first-order valence-corrected chi connectivity index (χ1v) is 13.6. The molecule has 0 aliphatic carbocycles. The van der Waals surface area contributed by atoms with Crippen LogP contribution in [-0.2, 0) is 19.4 Å². The van der Waals surface area contributed by atoms with Gasteiger partial charge in [0.1, 0.15) is 15.8 Å². The number of thioether (sulfide) groups is 1. The van der Waals surface area contributed by atoms with Crippen molar-refractivity contribution < 1.29 is 17.9 Å². The number of rotatable bonds is 3. The van der Waals surface area contributed by atoms with Crippen LogP contribution in [-0.4, -0.2) is 76.8 Å². The molecular weight excluding hydrogens is 484 g/mol. The molecule has 0 aromatic carbocycles. The molecule has 1 amide bonds. The highest BCUT2D eigenvalue weighted by atomic mass is 32.2. The quantitative estimate of drug-likeness (QED) is 0.449. The number of amides is 1. The maximum atomic E-state index is 13.5. The Hall–Kier alpha value is -2.28. The van der Waals surface area contributed by atoms with Crippen LogP contribution in [0.5, 0.6) is 0 Å². The van der Waals surface area contributed by atoms with E-state index in [-0.39, 0.29) is 23.0 Å². The smallest absolute Gasteiger partial charge is 0.267 e. The minimum absolute atomic E-state index is 0.0459. The summed E-state index contributed by atoms with van der Waals surface area (Å²) in [5, 5.41) is 0. The summed E-state index contributed by atoms with van der Waals surface area (Å²) in [6, 6.07) is 3.21. The van der Waals surface area contributed by atoms with Gasteiger partial charge < -0.3 is 9.64 Å². The Morgan fingerprint density at radius 1 is 1.27 bits per heavy atom. The number of carbonyl (C=O) groups is 1. The maximum absolute atomic E-state index is 13.5. The number of fused-ring (bicyclic) bond motifs is 1. The lowest BCUT2D eigenvalue weighted by atomic mass is 10.2. The summed E-state index contributed by atoms with van der Waals surface area (Å²) in [6.07, 6.45) is 3.57. The summed E-state index contributed by atoms with van der Waals surface area (Å²) in [5.41, 5.74) is 1.45. The van der Waals surface area contributed by atoms with E-state index in [1.807, 2.05) is 17.9 Å². The minimum atomic E-state index is -3.18. The van der Waals surface area contributed by atoms with Gasteiger partial charge in [-0.1, -0.05) is 30.0 Å². The van der Waals surface area contributed by atoms with Gasteiger partial charge in [0.05, 0.1) is 41.2 Å². The Kier molecular flexibility index (Phi) is 5.79. The lowest BCUT2D eigenvalue weighted by Crippen LogP contribution is -2.39. The average Bonchev–Trinajstić information content (AvgIpc) is 3.28. The van der Waals surface area contributed by atoms with E-state index in [9.17, 15) is 18.0 Å². The SMILES string of the molecule is Cc1cccn2c(=O)c(C=C3SC(=S)N(C4CCS(=O)(=O)C4)C3=O)c(N3CCOCC3)nc12. The summed E-state index contributed by atoms with van der Waals surface area (Å²) >= 11 is 6.51. The molecule has 0 saturated carbocycles. The van der Waals surface area contributed by atoms with Gasteiger partial charge >= 0.3 is 0 Å². The van der Waals surface area contributed by atoms with E-state index in [1.165, 1.54) is 9.30 Å². The molecule has 5 heterocycles.